The van der Waals surface area contributed by atoms with Crippen LogP contribution in [0.25, 0.3) is 0 Å². The highest BCUT2D eigenvalue weighted by Gasteiger charge is 2.22. The first-order valence-corrected chi connectivity index (χ1v) is 6.69. The summed E-state index contributed by atoms with van der Waals surface area (Å²) in [5, 5.41) is 2.83. The van der Waals surface area contributed by atoms with Crippen molar-refractivity contribution >= 4 is 33.4 Å². The number of amides is 2. The first-order valence-electron chi connectivity index (χ1n) is 5.90. The van der Waals surface area contributed by atoms with Gasteiger partial charge in [-0.05, 0) is 37.1 Å². The molecule has 1 N–H and O–H groups in total. The van der Waals surface area contributed by atoms with Crippen LogP contribution in [0.4, 0.5) is 5.69 Å². The highest BCUT2D eigenvalue weighted by atomic mass is 79.9. The monoisotopic (exact) mass is 310 g/mol. The van der Waals surface area contributed by atoms with Gasteiger partial charge in [0.25, 0.3) is 0 Å². The van der Waals surface area contributed by atoms with Gasteiger partial charge in [0.1, 0.15) is 0 Å². The number of nitrogens with one attached hydrogen (secondary N) is 1. The average molecular weight is 311 g/mol. The summed E-state index contributed by atoms with van der Waals surface area (Å²) < 4.78 is 0.979. The molecule has 18 heavy (non-hydrogen) atoms. The number of aryl methyl sites for hydroxylation is 1. The molecule has 2 rings (SSSR count). The third kappa shape index (κ3) is 3.10. The van der Waals surface area contributed by atoms with Crippen LogP contribution in [0.2, 0.25) is 0 Å². The topological polar surface area (TPSA) is 49.4 Å². The third-order valence-electron chi connectivity index (χ3n) is 2.97. The Bertz CT molecular complexity index is 488. The highest BCUT2D eigenvalue weighted by molar-refractivity contribution is 9.10. The maximum Gasteiger partial charge on any atom is 0.244 e. The number of hydrogen-bond donors (Lipinski definition) is 1. The highest BCUT2D eigenvalue weighted by Crippen LogP contribution is 2.20. The number of benzene rings is 1. The second kappa shape index (κ2) is 5.52. The van der Waals surface area contributed by atoms with Crippen molar-refractivity contribution in [1.29, 1.82) is 0 Å². The Labute approximate surface area is 114 Å². The molecule has 0 saturated carbocycles. The van der Waals surface area contributed by atoms with Crippen molar-refractivity contribution in [3.63, 3.8) is 0 Å². The van der Waals surface area contributed by atoms with Crippen molar-refractivity contribution in [2.45, 2.75) is 19.8 Å². The first-order chi connectivity index (χ1) is 8.56. The first kappa shape index (κ1) is 13.1. The zero-order valence-electron chi connectivity index (χ0n) is 10.2. The number of carbonyl (C=O) groups excluding carboxylic acids is 2. The van der Waals surface area contributed by atoms with Crippen molar-refractivity contribution in [3.05, 3.63) is 28.2 Å². The second-order valence-corrected chi connectivity index (χ2v) is 5.34. The molecule has 0 aliphatic carbocycles. The number of hydrogen-bond acceptors (Lipinski definition) is 2. The molecule has 4 nitrogen and oxygen atoms in total. The van der Waals surface area contributed by atoms with Gasteiger partial charge in [-0.15, -0.1) is 0 Å². The molecular formula is C13H15BrN2O2. The molecule has 2 amide bonds. The van der Waals surface area contributed by atoms with Gasteiger partial charge in [0.15, 0.2) is 0 Å². The van der Waals surface area contributed by atoms with Crippen LogP contribution in [0.5, 0.6) is 0 Å². The standard InChI is InChI=1S/C13H15BrN2O2/c1-9-7-10(14)4-5-11(9)15-12(17)8-16-6-2-3-13(16)18/h4-5,7H,2-3,6,8H2,1H3,(H,15,17). The van der Waals surface area contributed by atoms with Crippen molar-refractivity contribution in [2.24, 2.45) is 0 Å². The normalized spacial score (nSPS) is 15.0. The van der Waals surface area contributed by atoms with E-state index in [4.69, 9.17) is 0 Å². The van der Waals surface area contributed by atoms with Crippen LogP contribution in [-0.2, 0) is 9.59 Å². The maximum absolute atomic E-state index is 11.8. The average Bonchev–Trinajstić information content (AvgIpc) is 2.69. The quantitative estimate of drug-likeness (QED) is 0.931. The summed E-state index contributed by atoms with van der Waals surface area (Å²) in [5.74, 6) is -0.0756. The maximum atomic E-state index is 11.8. The minimum Gasteiger partial charge on any atom is -0.333 e. The summed E-state index contributed by atoms with van der Waals surface area (Å²) >= 11 is 3.38. The SMILES string of the molecule is Cc1cc(Br)ccc1NC(=O)CN1CCCC1=O. The lowest BCUT2D eigenvalue weighted by atomic mass is 10.2. The largest absolute Gasteiger partial charge is 0.333 e. The molecule has 1 fully saturated rings. The van der Waals surface area contributed by atoms with Crippen molar-refractivity contribution in [3.8, 4) is 0 Å². The number of likely N-dealkylation sites (tertiary alicyclic amines) is 1. The van der Waals surface area contributed by atoms with E-state index in [0.717, 1.165) is 22.1 Å². The number of carbonyl (C=O) groups is 2. The number of rotatable bonds is 3. The van der Waals surface area contributed by atoms with Crippen LogP contribution in [0, 0.1) is 6.92 Å². The zero-order chi connectivity index (χ0) is 13.1. The Morgan fingerprint density at radius 3 is 2.89 bits per heavy atom. The third-order valence-corrected chi connectivity index (χ3v) is 3.46. The molecule has 1 aromatic rings. The van der Waals surface area contributed by atoms with E-state index < -0.39 is 0 Å². The van der Waals surface area contributed by atoms with Crippen LogP contribution in [0.1, 0.15) is 18.4 Å². The Morgan fingerprint density at radius 2 is 2.28 bits per heavy atom. The fourth-order valence-electron chi connectivity index (χ4n) is 2.00. The smallest absolute Gasteiger partial charge is 0.244 e. The van der Waals surface area contributed by atoms with E-state index in [9.17, 15) is 9.59 Å². The van der Waals surface area contributed by atoms with Gasteiger partial charge in [-0.2, -0.15) is 0 Å². The molecular weight excluding hydrogens is 296 g/mol. The minimum absolute atomic E-state index is 0.0673. The molecule has 1 aromatic carbocycles. The number of anilines is 1. The Balaban J connectivity index is 1.96. The van der Waals surface area contributed by atoms with E-state index in [1.54, 1.807) is 4.90 Å². The lowest BCUT2D eigenvalue weighted by Gasteiger charge is -2.15. The molecule has 1 aliphatic heterocycles. The van der Waals surface area contributed by atoms with Gasteiger partial charge in [-0.1, -0.05) is 15.9 Å². The van der Waals surface area contributed by atoms with Crippen LogP contribution < -0.4 is 5.32 Å². The minimum atomic E-state index is -0.143. The molecule has 0 unspecified atom stereocenters. The van der Waals surface area contributed by atoms with Crippen LogP contribution >= 0.6 is 15.9 Å². The molecule has 0 bridgehead atoms. The summed E-state index contributed by atoms with van der Waals surface area (Å²) in [5.41, 5.74) is 1.78. The van der Waals surface area contributed by atoms with Gasteiger partial charge < -0.3 is 10.2 Å². The summed E-state index contributed by atoms with van der Waals surface area (Å²) in [4.78, 5) is 24.8. The van der Waals surface area contributed by atoms with E-state index in [1.807, 2.05) is 25.1 Å². The molecule has 0 radical (unpaired) electrons. The Hall–Kier alpha value is -1.36. The van der Waals surface area contributed by atoms with Crippen molar-refractivity contribution < 1.29 is 9.59 Å². The number of halogens is 1. The Kier molecular flexibility index (Phi) is 4.01. The molecule has 1 saturated heterocycles. The predicted octanol–water partition coefficient (Wildman–Crippen LogP) is 2.32. The molecule has 5 heteroatoms. The molecule has 0 atom stereocenters. The molecule has 0 aromatic heterocycles. The van der Waals surface area contributed by atoms with E-state index >= 15 is 0 Å². The van der Waals surface area contributed by atoms with E-state index in [2.05, 4.69) is 21.2 Å². The summed E-state index contributed by atoms with van der Waals surface area (Å²) in [7, 11) is 0. The van der Waals surface area contributed by atoms with Crippen LogP contribution in [0.15, 0.2) is 22.7 Å². The number of nitrogens with zero attached hydrogens (tertiary/aromatic N) is 1. The van der Waals surface area contributed by atoms with Gasteiger partial charge in [-0.25, -0.2) is 0 Å². The second-order valence-electron chi connectivity index (χ2n) is 4.43. The van der Waals surface area contributed by atoms with Gasteiger partial charge in [0.2, 0.25) is 11.8 Å². The fourth-order valence-corrected chi connectivity index (χ4v) is 2.48. The fraction of sp³-hybridized carbons (Fsp3) is 0.385. The Morgan fingerprint density at radius 1 is 1.50 bits per heavy atom. The predicted molar refractivity (Wildman–Crippen MR) is 73.3 cm³/mol. The van der Waals surface area contributed by atoms with E-state index in [1.165, 1.54) is 0 Å². The zero-order valence-corrected chi connectivity index (χ0v) is 11.8. The molecule has 0 spiro atoms. The van der Waals surface area contributed by atoms with Crippen LogP contribution in [-0.4, -0.2) is 29.8 Å². The lowest BCUT2D eigenvalue weighted by molar-refractivity contribution is -0.131. The van der Waals surface area contributed by atoms with Crippen molar-refractivity contribution in [2.75, 3.05) is 18.4 Å². The lowest BCUT2D eigenvalue weighted by Crippen LogP contribution is -2.34. The van der Waals surface area contributed by atoms with Gasteiger partial charge >= 0.3 is 0 Å². The van der Waals surface area contributed by atoms with Gasteiger partial charge in [0, 0.05) is 23.1 Å². The van der Waals surface area contributed by atoms with Gasteiger partial charge in [0.05, 0.1) is 6.54 Å². The molecule has 1 heterocycles. The van der Waals surface area contributed by atoms with Crippen LogP contribution in [0.3, 0.4) is 0 Å². The van der Waals surface area contributed by atoms with E-state index in [0.29, 0.717) is 13.0 Å². The summed E-state index contributed by atoms with van der Waals surface area (Å²) in [6, 6.07) is 5.67. The van der Waals surface area contributed by atoms with E-state index in [-0.39, 0.29) is 18.4 Å². The van der Waals surface area contributed by atoms with Gasteiger partial charge in [-0.3, -0.25) is 9.59 Å². The van der Waals surface area contributed by atoms with Crippen molar-refractivity contribution in [1.82, 2.24) is 4.90 Å². The summed E-state index contributed by atoms with van der Waals surface area (Å²) in [6.45, 7) is 2.77. The summed E-state index contributed by atoms with van der Waals surface area (Å²) in [6.07, 6.45) is 1.41. The molecule has 1 aliphatic rings. The molecule has 96 valence electrons.